The first-order chi connectivity index (χ1) is 19.2. The van der Waals surface area contributed by atoms with Crippen LogP contribution in [0.5, 0.6) is 5.88 Å². The molecule has 2 N–H and O–H groups in total. The molecule has 1 amide bonds. The van der Waals surface area contributed by atoms with Gasteiger partial charge in [0.25, 0.3) is 5.91 Å². The minimum absolute atomic E-state index is 0.0911. The largest absolute Gasteiger partial charge is 0.478 e. The molecule has 0 spiro atoms. The van der Waals surface area contributed by atoms with E-state index < -0.39 is 17.7 Å². The molecule has 0 bridgehead atoms. The van der Waals surface area contributed by atoms with E-state index in [2.05, 4.69) is 10.3 Å². The molecule has 9 nitrogen and oxygen atoms in total. The topological polar surface area (TPSA) is 114 Å². The lowest BCUT2D eigenvalue weighted by molar-refractivity contribution is -0.192. The quantitative estimate of drug-likeness (QED) is 0.272. The molecule has 1 aliphatic rings. The Hall–Kier alpha value is -4.28. The monoisotopic (exact) mass is 564 g/mol. The minimum atomic E-state index is -2.80. The van der Waals surface area contributed by atoms with Crippen LogP contribution < -0.4 is 10.1 Å². The molecule has 0 radical (unpaired) electrons. The van der Waals surface area contributed by atoms with Crippen LogP contribution in [0.15, 0.2) is 67.0 Å². The number of carboxylic acids is 1. The smallest absolute Gasteiger partial charge is 0.372 e. The summed E-state index contributed by atoms with van der Waals surface area (Å²) in [4.78, 5) is 42.6. The number of ketones is 1. The van der Waals surface area contributed by atoms with Gasteiger partial charge in [-0.25, -0.2) is 14.7 Å². The number of aromatic carboxylic acids is 1. The number of para-hydroxylation sites is 1. The number of carboxylic acid groups (broad SMARTS) is 1. The van der Waals surface area contributed by atoms with Crippen LogP contribution in [0.4, 0.5) is 10.1 Å². The third-order valence-electron chi connectivity index (χ3n) is 6.87. The van der Waals surface area contributed by atoms with E-state index in [0.717, 1.165) is 17.1 Å². The summed E-state index contributed by atoms with van der Waals surface area (Å²) in [6.07, 6.45) is 3.84. The molecule has 5 rings (SSSR count). The first-order valence-electron chi connectivity index (χ1n) is 12.6. The van der Waals surface area contributed by atoms with Gasteiger partial charge in [0, 0.05) is 55.9 Å². The highest BCUT2D eigenvalue weighted by atomic mass is 35.5. The lowest BCUT2D eigenvalue weighted by Crippen LogP contribution is -2.55. The van der Waals surface area contributed by atoms with Crippen LogP contribution in [0.3, 0.4) is 0 Å². The highest BCUT2D eigenvalue weighted by Crippen LogP contribution is 2.31. The number of rotatable bonds is 9. The molecule has 1 fully saturated rings. The molecule has 1 saturated heterocycles. The van der Waals surface area contributed by atoms with Crippen LogP contribution in [0, 0.1) is 0 Å². The number of aryl methyl sites for hydroxylation is 1. The van der Waals surface area contributed by atoms with Gasteiger partial charge in [0.05, 0.1) is 21.8 Å². The maximum atomic E-state index is 16.3. The number of nitrogens with zero attached hydrogens (tertiary/aromatic N) is 3. The Morgan fingerprint density at radius 3 is 2.55 bits per heavy atom. The van der Waals surface area contributed by atoms with Crippen molar-refractivity contribution in [2.75, 3.05) is 18.4 Å². The number of benzene rings is 2. The van der Waals surface area contributed by atoms with Crippen LogP contribution >= 0.6 is 11.6 Å². The molecule has 40 heavy (non-hydrogen) atoms. The van der Waals surface area contributed by atoms with Crippen LogP contribution in [-0.4, -0.2) is 56.3 Å². The lowest BCUT2D eigenvalue weighted by atomic mass is 10.1. The molecule has 2 aromatic heterocycles. The summed E-state index contributed by atoms with van der Waals surface area (Å²) in [5.74, 6) is -5.40. The van der Waals surface area contributed by atoms with Crippen LogP contribution in [0.2, 0.25) is 5.02 Å². The van der Waals surface area contributed by atoms with Crippen molar-refractivity contribution in [3.05, 3.63) is 88.7 Å². The number of ether oxygens (including phenoxy) is 1. The summed E-state index contributed by atoms with van der Waals surface area (Å²) in [6, 6.07) is 14.6. The highest BCUT2D eigenvalue weighted by molar-refractivity contribution is 6.34. The highest BCUT2D eigenvalue weighted by Gasteiger charge is 2.48. The van der Waals surface area contributed by atoms with Crippen LogP contribution in [0.25, 0.3) is 10.9 Å². The zero-order chi connectivity index (χ0) is 28.4. The molecule has 0 saturated carbocycles. The molecular formula is C29H26ClFN4O5. The van der Waals surface area contributed by atoms with E-state index in [4.69, 9.17) is 21.4 Å². The van der Waals surface area contributed by atoms with Gasteiger partial charge < -0.3 is 19.7 Å². The molecular weight excluding hydrogens is 539 g/mol. The fourth-order valence-corrected chi connectivity index (χ4v) is 5.04. The molecule has 11 heteroatoms. The van der Waals surface area contributed by atoms with Crippen molar-refractivity contribution in [2.24, 2.45) is 7.05 Å². The second-order valence-electron chi connectivity index (χ2n) is 9.59. The second kappa shape index (κ2) is 11.1. The molecule has 1 unspecified atom stereocenters. The van der Waals surface area contributed by atoms with Crippen molar-refractivity contribution in [2.45, 2.75) is 25.2 Å². The van der Waals surface area contributed by atoms with Gasteiger partial charge in [0.15, 0.2) is 0 Å². The van der Waals surface area contributed by atoms with Gasteiger partial charge in [0.2, 0.25) is 11.7 Å². The Labute approximate surface area is 234 Å². The number of fused-ring (bicyclic) bond motifs is 1. The SMILES string of the molecule is Cn1cc(C(=O)Nc2ccc(CC(=O)C(F)(Oc3ccc(C(=O)O)cn3)N3CCCC3)cc2Cl)c2ccccc21. The Balaban J connectivity index is 1.33. The van der Waals surface area contributed by atoms with E-state index in [1.807, 2.05) is 35.9 Å². The van der Waals surface area contributed by atoms with Crippen LogP contribution in [0.1, 0.15) is 39.1 Å². The number of aromatic nitrogens is 2. The number of carbonyl (C=O) groups excluding carboxylic acids is 2. The first kappa shape index (κ1) is 27.3. The van der Waals surface area contributed by atoms with Gasteiger partial charge in [-0.05, 0) is 42.7 Å². The predicted molar refractivity (Wildman–Crippen MR) is 148 cm³/mol. The number of amides is 1. The number of halogens is 2. The van der Waals surface area contributed by atoms with Gasteiger partial charge >= 0.3 is 11.9 Å². The van der Waals surface area contributed by atoms with E-state index >= 15 is 4.39 Å². The summed E-state index contributed by atoms with van der Waals surface area (Å²) >= 11 is 6.45. The summed E-state index contributed by atoms with van der Waals surface area (Å²) in [5.41, 5.74) is 2.09. The van der Waals surface area contributed by atoms with Gasteiger partial charge in [0.1, 0.15) is 0 Å². The van der Waals surface area contributed by atoms with Gasteiger partial charge in [-0.3, -0.25) is 9.59 Å². The van der Waals surface area contributed by atoms with Crippen molar-refractivity contribution in [3.8, 4) is 5.88 Å². The molecule has 3 heterocycles. The lowest BCUT2D eigenvalue weighted by Gasteiger charge is -2.32. The zero-order valence-corrected chi connectivity index (χ0v) is 22.3. The second-order valence-corrected chi connectivity index (χ2v) is 9.99. The van der Waals surface area contributed by atoms with E-state index in [9.17, 15) is 14.4 Å². The van der Waals surface area contributed by atoms with Gasteiger partial charge in [-0.15, -0.1) is 0 Å². The molecule has 206 valence electrons. The number of Topliss-reactive ketones (excluding diaryl/α,β-unsaturated/α-hetero) is 1. The number of nitrogens with one attached hydrogen (secondary N) is 1. The zero-order valence-electron chi connectivity index (χ0n) is 21.6. The first-order valence-corrected chi connectivity index (χ1v) is 13.0. The van der Waals surface area contributed by atoms with Crippen molar-refractivity contribution < 1.29 is 28.6 Å². The van der Waals surface area contributed by atoms with Gasteiger partial charge in [-0.2, -0.15) is 4.39 Å². The molecule has 1 atom stereocenters. The van der Waals surface area contributed by atoms with Crippen LogP contribution in [-0.2, 0) is 18.3 Å². The minimum Gasteiger partial charge on any atom is -0.478 e. The molecule has 4 aromatic rings. The maximum absolute atomic E-state index is 16.3. The predicted octanol–water partition coefficient (Wildman–Crippen LogP) is 5.09. The van der Waals surface area contributed by atoms with Crippen molar-refractivity contribution in [1.29, 1.82) is 0 Å². The Morgan fingerprint density at radius 2 is 1.88 bits per heavy atom. The third kappa shape index (κ3) is 5.41. The summed E-state index contributed by atoms with van der Waals surface area (Å²) in [5, 5.41) is 12.9. The normalized spacial score (nSPS) is 15.1. The number of hydrogen-bond acceptors (Lipinski definition) is 6. The van der Waals surface area contributed by atoms with Gasteiger partial charge in [-0.1, -0.05) is 35.9 Å². The van der Waals surface area contributed by atoms with E-state index in [0.29, 0.717) is 42.7 Å². The fraction of sp³-hybridized carbons (Fsp3) is 0.241. The number of alkyl halides is 1. The Bertz CT molecular complexity index is 1600. The summed E-state index contributed by atoms with van der Waals surface area (Å²) in [6.45, 7) is 0.630. The average molecular weight is 565 g/mol. The number of carbonyl (C=O) groups is 3. The standard InChI is InChI=1S/C29H26ClFN4O5/c1-34-17-21(20-6-2-3-7-24(20)34)27(37)33-23-10-8-18(14-22(23)30)15-25(36)29(31,35-12-4-5-13-35)40-26-11-9-19(16-32-26)28(38)39/h2-3,6-11,14,16-17H,4-5,12-13,15H2,1H3,(H,33,37)(H,38,39). The van der Waals surface area contributed by atoms with E-state index in [1.165, 1.54) is 23.1 Å². The number of pyridine rings is 1. The van der Waals surface area contributed by atoms with E-state index in [1.54, 1.807) is 18.3 Å². The molecule has 2 aromatic carbocycles. The molecule has 1 aliphatic heterocycles. The fourth-order valence-electron chi connectivity index (χ4n) is 4.78. The van der Waals surface area contributed by atoms with Crippen molar-refractivity contribution in [3.63, 3.8) is 0 Å². The maximum Gasteiger partial charge on any atom is 0.372 e. The molecule has 0 aliphatic carbocycles. The average Bonchev–Trinajstić information content (AvgIpc) is 3.60. The van der Waals surface area contributed by atoms with E-state index in [-0.39, 0.29) is 28.8 Å². The Morgan fingerprint density at radius 1 is 1.12 bits per heavy atom. The number of likely N-dealkylation sites (tertiary alicyclic amines) is 1. The number of hydrogen-bond donors (Lipinski definition) is 2. The van der Waals surface area contributed by atoms with Crippen molar-refractivity contribution in [1.82, 2.24) is 14.5 Å². The summed E-state index contributed by atoms with van der Waals surface area (Å²) in [7, 11) is 1.86. The number of anilines is 1. The summed E-state index contributed by atoms with van der Waals surface area (Å²) < 4.78 is 23.6. The Kier molecular flexibility index (Phi) is 7.55. The third-order valence-corrected chi connectivity index (χ3v) is 7.18. The van der Waals surface area contributed by atoms with Crippen molar-refractivity contribution >= 4 is 45.9 Å².